The van der Waals surface area contributed by atoms with Gasteiger partial charge < -0.3 is 0 Å². The minimum atomic E-state index is -4.22. The first kappa shape index (κ1) is 9.32. The van der Waals surface area contributed by atoms with Crippen molar-refractivity contribution in [2.75, 3.05) is 17.3 Å². The third kappa shape index (κ3) is 3.96. The molecule has 2 nitrogen and oxygen atoms in total. The van der Waals surface area contributed by atoms with Crippen molar-refractivity contribution in [3.63, 3.8) is 0 Å². The zero-order valence-electron chi connectivity index (χ0n) is 6.12. The monoisotopic (exact) mass is 198 g/mol. The average Bonchev–Trinajstić information content (AvgIpc) is 2.32. The van der Waals surface area contributed by atoms with Crippen molar-refractivity contribution in [2.24, 2.45) is 5.92 Å². The number of hydrogen-bond acceptors (Lipinski definition) is 3. The van der Waals surface area contributed by atoms with Gasteiger partial charge in [0.1, 0.15) is 0 Å². The summed E-state index contributed by atoms with van der Waals surface area (Å²) in [5.41, 5.74) is 0. The van der Waals surface area contributed by atoms with Gasteiger partial charge in [-0.3, -0.25) is 0 Å². The van der Waals surface area contributed by atoms with Gasteiger partial charge in [0.2, 0.25) is 0 Å². The summed E-state index contributed by atoms with van der Waals surface area (Å²) in [4.78, 5) is 0. The van der Waals surface area contributed by atoms with Crippen molar-refractivity contribution in [3.05, 3.63) is 0 Å². The van der Waals surface area contributed by atoms with Crippen LogP contribution in [0.3, 0.4) is 0 Å². The molecule has 11 heavy (non-hydrogen) atoms. The molecule has 1 aliphatic rings. The molecule has 1 fully saturated rings. The minimum absolute atomic E-state index is 0.293. The molecule has 0 saturated carbocycles. The van der Waals surface area contributed by atoms with Crippen LogP contribution in [0.5, 0.6) is 0 Å². The maximum Gasteiger partial charge on any atom is 0.302 e. The molecule has 1 heterocycles. The molecule has 1 unspecified atom stereocenters. The van der Waals surface area contributed by atoms with Crippen LogP contribution in [0.4, 0.5) is 3.89 Å². The average molecular weight is 198 g/mol. The Bertz CT molecular complexity index is 207. The molecule has 0 N–H and O–H groups in total. The van der Waals surface area contributed by atoms with Gasteiger partial charge in [-0.15, -0.1) is 3.89 Å². The first-order valence-electron chi connectivity index (χ1n) is 3.58. The maximum absolute atomic E-state index is 12.0. The molecular formula is C6H11FO2S2. The number of thioether (sulfide) groups is 1. The highest BCUT2D eigenvalue weighted by molar-refractivity contribution is 7.99. The van der Waals surface area contributed by atoms with Gasteiger partial charge in [0.05, 0.1) is 5.75 Å². The standard InChI is InChI=1S/C6H11FO2S2/c7-11(8,9)4-2-6-1-3-10-5-6/h6H,1-5H2. The lowest BCUT2D eigenvalue weighted by Gasteiger charge is -2.03. The Kier molecular flexibility index (Phi) is 3.18. The Hall–Kier alpha value is 0.230. The van der Waals surface area contributed by atoms with E-state index in [1.54, 1.807) is 0 Å². The zero-order valence-corrected chi connectivity index (χ0v) is 7.76. The van der Waals surface area contributed by atoms with Crippen LogP contribution in [-0.2, 0) is 10.2 Å². The van der Waals surface area contributed by atoms with E-state index < -0.39 is 10.2 Å². The molecule has 1 atom stereocenters. The third-order valence-corrected chi connectivity index (χ3v) is 3.75. The van der Waals surface area contributed by atoms with E-state index in [1.165, 1.54) is 0 Å². The number of halogens is 1. The molecule has 1 rings (SSSR count). The second-order valence-electron chi connectivity index (χ2n) is 2.76. The first-order chi connectivity index (χ1) is 5.08. The van der Waals surface area contributed by atoms with Crippen molar-refractivity contribution in [2.45, 2.75) is 12.8 Å². The second kappa shape index (κ2) is 3.76. The first-order valence-corrected chi connectivity index (χ1v) is 6.29. The van der Waals surface area contributed by atoms with Crippen LogP contribution < -0.4 is 0 Å². The van der Waals surface area contributed by atoms with Crippen LogP contribution in [0.25, 0.3) is 0 Å². The van der Waals surface area contributed by atoms with Crippen molar-refractivity contribution < 1.29 is 12.3 Å². The minimum Gasteiger partial charge on any atom is -0.195 e. The summed E-state index contributed by atoms with van der Waals surface area (Å²) in [6.45, 7) is 0. The van der Waals surface area contributed by atoms with E-state index in [1.807, 2.05) is 11.8 Å². The van der Waals surface area contributed by atoms with Crippen molar-refractivity contribution >= 4 is 22.0 Å². The fraction of sp³-hybridized carbons (Fsp3) is 1.00. The Morgan fingerprint density at radius 2 is 2.27 bits per heavy atom. The predicted octanol–water partition coefficient (Wildman–Crippen LogP) is 1.43. The molecule has 0 aromatic heterocycles. The van der Waals surface area contributed by atoms with E-state index >= 15 is 0 Å². The Morgan fingerprint density at radius 1 is 1.55 bits per heavy atom. The van der Waals surface area contributed by atoms with Crippen LogP contribution in [0.2, 0.25) is 0 Å². The molecule has 0 aromatic carbocycles. The molecule has 0 bridgehead atoms. The van der Waals surface area contributed by atoms with Gasteiger partial charge in [-0.25, -0.2) is 0 Å². The van der Waals surface area contributed by atoms with E-state index in [0.29, 0.717) is 12.3 Å². The predicted molar refractivity (Wildman–Crippen MR) is 44.9 cm³/mol. The van der Waals surface area contributed by atoms with Gasteiger partial charge in [0.15, 0.2) is 0 Å². The quantitative estimate of drug-likeness (QED) is 0.643. The lowest BCUT2D eigenvalue weighted by Crippen LogP contribution is -2.06. The van der Waals surface area contributed by atoms with Crippen molar-refractivity contribution in [3.8, 4) is 0 Å². The summed E-state index contributed by atoms with van der Waals surface area (Å²) in [5.74, 6) is 2.22. The van der Waals surface area contributed by atoms with Crippen LogP contribution >= 0.6 is 11.8 Å². The zero-order chi connectivity index (χ0) is 8.32. The summed E-state index contributed by atoms with van der Waals surface area (Å²) < 4.78 is 32.2. The molecule has 5 heteroatoms. The molecular weight excluding hydrogens is 187 g/mol. The Morgan fingerprint density at radius 3 is 2.73 bits per heavy atom. The van der Waals surface area contributed by atoms with E-state index in [-0.39, 0.29) is 5.75 Å². The van der Waals surface area contributed by atoms with Gasteiger partial charge in [-0.05, 0) is 30.3 Å². The molecule has 0 amide bonds. The maximum atomic E-state index is 12.0. The molecule has 0 spiro atoms. The van der Waals surface area contributed by atoms with Crippen LogP contribution in [0, 0.1) is 5.92 Å². The lowest BCUT2D eigenvalue weighted by molar-refractivity contribution is 0.526. The highest BCUT2D eigenvalue weighted by atomic mass is 32.3. The van der Waals surface area contributed by atoms with Crippen LogP contribution in [0.15, 0.2) is 0 Å². The molecule has 0 aromatic rings. The molecule has 0 aliphatic carbocycles. The summed E-state index contributed by atoms with van der Waals surface area (Å²) in [7, 11) is -4.22. The summed E-state index contributed by atoms with van der Waals surface area (Å²) >= 11 is 1.82. The van der Waals surface area contributed by atoms with E-state index in [4.69, 9.17) is 0 Å². The van der Waals surface area contributed by atoms with Gasteiger partial charge in [0, 0.05) is 0 Å². The smallest absolute Gasteiger partial charge is 0.195 e. The van der Waals surface area contributed by atoms with Gasteiger partial charge >= 0.3 is 10.2 Å². The van der Waals surface area contributed by atoms with Gasteiger partial charge in [-0.1, -0.05) is 0 Å². The second-order valence-corrected chi connectivity index (χ2v) is 5.40. The largest absolute Gasteiger partial charge is 0.302 e. The van der Waals surface area contributed by atoms with Crippen molar-refractivity contribution in [1.82, 2.24) is 0 Å². The van der Waals surface area contributed by atoms with E-state index in [0.717, 1.165) is 17.9 Å². The van der Waals surface area contributed by atoms with Gasteiger partial charge in [0.25, 0.3) is 0 Å². The molecule has 66 valence electrons. The third-order valence-electron chi connectivity index (χ3n) is 1.79. The lowest BCUT2D eigenvalue weighted by atomic mass is 10.1. The van der Waals surface area contributed by atoms with Gasteiger partial charge in [-0.2, -0.15) is 20.2 Å². The summed E-state index contributed by atoms with van der Waals surface area (Å²) in [5, 5.41) is 0. The van der Waals surface area contributed by atoms with Crippen molar-refractivity contribution in [1.29, 1.82) is 0 Å². The number of hydrogen-bond donors (Lipinski definition) is 0. The summed E-state index contributed by atoms with van der Waals surface area (Å²) in [6.07, 6.45) is 1.53. The Balaban J connectivity index is 2.22. The fourth-order valence-corrected chi connectivity index (χ4v) is 3.07. The molecule has 1 aliphatic heterocycles. The molecule has 1 saturated heterocycles. The van der Waals surface area contributed by atoms with Crippen LogP contribution in [0.1, 0.15) is 12.8 Å². The van der Waals surface area contributed by atoms with E-state index in [9.17, 15) is 12.3 Å². The topological polar surface area (TPSA) is 34.1 Å². The SMILES string of the molecule is O=S(=O)(F)CCC1CCSC1. The Labute approximate surface area is 70.8 Å². The van der Waals surface area contributed by atoms with Crippen LogP contribution in [-0.4, -0.2) is 25.7 Å². The normalized spacial score (nSPS) is 25.7. The number of rotatable bonds is 3. The fourth-order valence-electron chi connectivity index (χ4n) is 1.12. The molecule has 0 radical (unpaired) electrons. The highest BCUT2D eigenvalue weighted by Crippen LogP contribution is 2.26. The summed E-state index contributed by atoms with van der Waals surface area (Å²) in [6, 6.07) is 0. The highest BCUT2D eigenvalue weighted by Gasteiger charge is 2.18. The van der Waals surface area contributed by atoms with E-state index in [2.05, 4.69) is 0 Å².